The SMILES string of the molecule is CC(C)(C)OC(=O)C1=C(Sc2ccc([N+](=O)[O-])cc2)CC2CC(=O)N12. The van der Waals surface area contributed by atoms with Crippen LogP contribution in [0.2, 0.25) is 0 Å². The Morgan fingerprint density at radius 2 is 1.92 bits per heavy atom. The number of hydrogen-bond donors (Lipinski definition) is 0. The normalized spacial score (nSPS) is 19.6. The van der Waals surface area contributed by atoms with Crippen LogP contribution in [-0.4, -0.2) is 33.3 Å². The van der Waals surface area contributed by atoms with Crippen LogP contribution < -0.4 is 0 Å². The van der Waals surface area contributed by atoms with Crippen molar-refractivity contribution in [3.8, 4) is 0 Å². The van der Waals surface area contributed by atoms with Crippen LogP contribution >= 0.6 is 11.8 Å². The first-order chi connectivity index (χ1) is 11.7. The molecule has 1 saturated heterocycles. The van der Waals surface area contributed by atoms with E-state index in [4.69, 9.17) is 4.74 Å². The molecular weight excluding hydrogens is 344 g/mol. The average Bonchev–Trinajstić information content (AvgIpc) is 2.78. The van der Waals surface area contributed by atoms with Crippen molar-refractivity contribution in [3.63, 3.8) is 0 Å². The summed E-state index contributed by atoms with van der Waals surface area (Å²) in [5.41, 5.74) is -0.338. The zero-order chi connectivity index (χ0) is 18.4. The zero-order valence-electron chi connectivity index (χ0n) is 14.1. The number of fused-ring (bicyclic) bond motifs is 1. The molecule has 7 nitrogen and oxygen atoms in total. The van der Waals surface area contributed by atoms with Crippen LogP contribution in [0, 0.1) is 10.1 Å². The van der Waals surface area contributed by atoms with Crippen LogP contribution in [-0.2, 0) is 14.3 Å². The predicted molar refractivity (Wildman–Crippen MR) is 91.7 cm³/mol. The molecule has 1 unspecified atom stereocenters. The van der Waals surface area contributed by atoms with Crippen molar-refractivity contribution >= 4 is 29.3 Å². The number of carbonyl (C=O) groups is 2. The molecule has 8 heteroatoms. The van der Waals surface area contributed by atoms with E-state index >= 15 is 0 Å². The van der Waals surface area contributed by atoms with Gasteiger partial charge in [0, 0.05) is 34.8 Å². The summed E-state index contributed by atoms with van der Waals surface area (Å²) in [6, 6.07) is 6.13. The third-order valence-electron chi connectivity index (χ3n) is 3.85. The van der Waals surface area contributed by atoms with E-state index in [1.165, 1.54) is 28.8 Å². The highest BCUT2D eigenvalue weighted by Gasteiger charge is 2.48. The van der Waals surface area contributed by atoms with Gasteiger partial charge in [-0.05, 0) is 32.9 Å². The summed E-state index contributed by atoms with van der Waals surface area (Å²) in [6.07, 6.45) is 1.03. The number of nitrogens with zero attached hydrogens (tertiary/aromatic N) is 2. The molecule has 0 aromatic heterocycles. The van der Waals surface area contributed by atoms with Crippen molar-refractivity contribution in [2.75, 3.05) is 0 Å². The first-order valence-electron chi connectivity index (χ1n) is 7.86. The van der Waals surface area contributed by atoms with E-state index in [0.717, 1.165) is 9.80 Å². The van der Waals surface area contributed by atoms with Gasteiger partial charge in [-0.25, -0.2) is 4.79 Å². The number of ether oxygens (including phenoxy) is 1. The van der Waals surface area contributed by atoms with Crippen molar-refractivity contribution in [1.82, 2.24) is 4.90 Å². The lowest BCUT2D eigenvalue weighted by atomic mass is 10.0. The minimum absolute atomic E-state index is 0.00978. The lowest BCUT2D eigenvalue weighted by Gasteiger charge is -2.36. The Labute approximate surface area is 149 Å². The van der Waals surface area contributed by atoms with Crippen molar-refractivity contribution in [2.24, 2.45) is 0 Å². The largest absolute Gasteiger partial charge is 0.455 e. The quantitative estimate of drug-likeness (QED) is 0.353. The second kappa shape index (κ2) is 6.18. The number of nitro benzene ring substituents is 1. The maximum atomic E-state index is 12.6. The number of nitro groups is 1. The van der Waals surface area contributed by atoms with E-state index in [1.807, 2.05) is 0 Å². The van der Waals surface area contributed by atoms with Crippen LogP contribution in [0.1, 0.15) is 33.6 Å². The summed E-state index contributed by atoms with van der Waals surface area (Å²) >= 11 is 1.35. The van der Waals surface area contributed by atoms with Gasteiger partial charge in [-0.2, -0.15) is 0 Å². The Morgan fingerprint density at radius 3 is 2.44 bits per heavy atom. The van der Waals surface area contributed by atoms with Crippen LogP contribution in [0.3, 0.4) is 0 Å². The van der Waals surface area contributed by atoms with Gasteiger partial charge in [0.05, 0.1) is 11.0 Å². The van der Waals surface area contributed by atoms with Gasteiger partial charge in [-0.1, -0.05) is 11.8 Å². The molecule has 1 amide bonds. The first-order valence-corrected chi connectivity index (χ1v) is 8.68. The molecular formula is C17H18N2O5S. The fourth-order valence-electron chi connectivity index (χ4n) is 2.80. The van der Waals surface area contributed by atoms with Crippen molar-refractivity contribution in [1.29, 1.82) is 0 Å². The van der Waals surface area contributed by atoms with Gasteiger partial charge in [-0.15, -0.1) is 0 Å². The molecule has 1 aromatic rings. The zero-order valence-corrected chi connectivity index (χ0v) is 15.0. The number of hydrogen-bond acceptors (Lipinski definition) is 6. The number of amides is 1. The van der Waals surface area contributed by atoms with E-state index in [2.05, 4.69) is 0 Å². The van der Waals surface area contributed by atoms with Gasteiger partial charge in [0.1, 0.15) is 11.3 Å². The van der Waals surface area contributed by atoms with Crippen LogP contribution in [0.5, 0.6) is 0 Å². The topological polar surface area (TPSA) is 89.7 Å². The smallest absolute Gasteiger partial charge is 0.356 e. The Bertz CT molecular complexity index is 779. The Kier molecular flexibility index (Phi) is 4.32. The number of thioether (sulfide) groups is 1. The fraction of sp³-hybridized carbons (Fsp3) is 0.412. The molecule has 0 saturated carbocycles. The average molecular weight is 362 g/mol. The van der Waals surface area contributed by atoms with E-state index in [0.29, 0.717) is 18.5 Å². The van der Waals surface area contributed by atoms with Gasteiger partial charge in [0.2, 0.25) is 5.91 Å². The van der Waals surface area contributed by atoms with E-state index in [9.17, 15) is 19.7 Å². The van der Waals surface area contributed by atoms with Gasteiger partial charge in [0.25, 0.3) is 5.69 Å². The fourth-order valence-corrected chi connectivity index (χ4v) is 3.92. The van der Waals surface area contributed by atoms with Gasteiger partial charge in [-0.3, -0.25) is 14.9 Å². The van der Waals surface area contributed by atoms with Gasteiger partial charge < -0.3 is 9.64 Å². The third-order valence-corrected chi connectivity index (χ3v) is 4.97. The molecule has 2 aliphatic rings. The number of rotatable bonds is 4. The summed E-state index contributed by atoms with van der Waals surface area (Å²) < 4.78 is 5.45. The highest BCUT2D eigenvalue weighted by Crippen LogP contribution is 2.46. The molecule has 0 radical (unpaired) electrons. The van der Waals surface area contributed by atoms with Crippen molar-refractivity contribution < 1.29 is 19.2 Å². The molecule has 0 aliphatic carbocycles. The van der Waals surface area contributed by atoms with E-state index in [-0.39, 0.29) is 17.6 Å². The Balaban J connectivity index is 1.87. The van der Waals surface area contributed by atoms with Crippen LogP contribution in [0.15, 0.2) is 39.8 Å². The number of β-lactam (4-membered cyclic amide) rings is 1. The van der Waals surface area contributed by atoms with Crippen LogP contribution in [0.4, 0.5) is 5.69 Å². The molecule has 25 heavy (non-hydrogen) atoms. The predicted octanol–water partition coefficient (Wildman–Crippen LogP) is 3.24. The third kappa shape index (κ3) is 3.53. The highest BCUT2D eigenvalue weighted by atomic mass is 32.2. The van der Waals surface area contributed by atoms with Gasteiger partial charge in [0.15, 0.2) is 0 Å². The Morgan fingerprint density at radius 1 is 1.28 bits per heavy atom. The second-order valence-corrected chi connectivity index (χ2v) is 8.12. The summed E-state index contributed by atoms with van der Waals surface area (Å²) in [5, 5.41) is 10.7. The van der Waals surface area contributed by atoms with Crippen molar-refractivity contribution in [2.45, 2.75) is 50.2 Å². The van der Waals surface area contributed by atoms with Crippen LogP contribution in [0.25, 0.3) is 0 Å². The maximum Gasteiger partial charge on any atom is 0.356 e. The highest BCUT2D eigenvalue weighted by molar-refractivity contribution is 8.03. The molecule has 0 N–H and O–H groups in total. The second-order valence-electron chi connectivity index (χ2n) is 6.95. The summed E-state index contributed by atoms with van der Waals surface area (Å²) in [4.78, 5) is 37.8. The Hall–Kier alpha value is -2.35. The molecule has 0 spiro atoms. The standard InChI is InChI=1S/C17H18N2O5S/c1-17(2,3)24-16(21)15-13(8-11-9-14(20)18(11)15)25-12-6-4-10(5-7-12)19(22)23/h4-7,11H,8-9H2,1-3H3. The maximum absolute atomic E-state index is 12.6. The lowest BCUT2D eigenvalue weighted by Crippen LogP contribution is -2.50. The number of esters is 1. The minimum Gasteiger partial charge on any atom is -0.455 e. The van der Waals surface area contributed by atoms with Gasteiger partial charge >= 0.3 is 5.97 Å². The minimum atomic E-state index is -0.654. The number of carbonyl (C=O) groups excluding carboxylic acids is 2. The number of benzene rings is 1. The molecule has 2 aliphatic heterocycles. The molecule has 3 rings (SSSR count). The number of non-ortho nitro benzene ring substituents is 1. The van der Waals surface area contributed by atoms with E-state index in [1.54, 1.807) is 32.9 Å². The summed E-state index contributed by atoms with van der Waals surface area (Å²) in [6.45, 7) is 5.33. The first kappa shape index (κ1) is 17.5. The molecule has 1 aromatic carbocycles. The van der Waals surface area contributed by atoms with E-state index < -0.39 is 16.5 Å². The molecule has 132 valence electrons. The molecule has 0 bridgehead atoms. The molecule has 1 atom stereocenters. The van der Waals surface area contributed by atoms with Crippen molar-refractivity contribution in [3.05, 3.63) is 45.0 Å². The summed E-state index contributed by atoms with van der Waals surface area (Å²) in [7, 11) is 0. The monoisotopic (exact) mass is 362 g/mol. The lowest BCUT2D eigenvalue weighted by molar-refractivity contribution is -0.384. The summed E-state index contributed by atoms with van der Waals surface area (Å²) in [5.74, 6) is -0.586. The molecule has 1 fully saturated rings. The molecule has 2 heterocycles.